The molecule has 0 heterocycles. The van der Waals surface area contributed by atoms with E-state index >= 15 is 0 Å². The summed E-state index contributed by atoms with van der Waals surface area (Å²) >= 11 is 0. The van der Waals surface area contributed by atoms with Crippen LogP contribution in [0.1, 0.15) is 234 Å². The fourth-order valence-corrected chi connectivity index (χ4v) is 6.53. The maximum atomic E-state index is 2.51. The zero-order chi connectivity index (χ0) is 28.7. The second kappa shape index (κ2) is 32.5. The highest BCUT2D eigenvalue weighted by molar-refractivity contribution is 4.60. The minimum atomic E-state index is 0.951. The van der Waals surface area contributed by atoms with Crippen molar-refractivity contribution in [3.8, 4) is 0 Å². The van der Waals surface area contributed by atoms with Crippen LogP contribution in [0.2, 0.25) is 0 Å². The van der Waals surface area contributed by atoms with Crippen LogP contribution >= 0.6 is 0 Å². The molecule has 0 aromatic carbocycles. The molecule has 0 aliphatic carbocycles. The van der Waals surface area contributed by atoms with E-state index in [-0.39, 0.29) is 0 Å². The SMILES string of the molecule is CCCCCCCCCCCCCCCCCCCC(C)CCCC(C)CCCCCCCC(C)CCCC. The molecule has 0 rings (SSSR count). The Bertz CT molecular complexity index is 426. The summed E-state index contributed by atoms with van der Waals surface area (Å²) in [4.78, 5) is 0. The van der Waals surface area contributed by atoms with Crippen molar-refractivity contribution in [2.24, 2.45) is 17.8 Å². The molecule has 0 heteroatoms. The third-order valence-electron chi connectivity index (χ3n) is 9.64. The van der Waals surface area contributed by atoms with E-state index < -0.39 is 0 Å². The van der Waals surface area contributed by atoms with Crippen molar-refractivity contribution in [3.05, 3.63) is 0 Å². The van der Waals surface area contributed by atoms with E-state index in [1.807, 2.05) is 0 Å². The molecular formula is C39H80. The van der Waals surface area contributed by atoms with Gasteiger partial charge in [-0.1, -0.05) is 234 Å². The Labute approximate surface area is 251 Å². The van der Waals surface area contributed by atoms with Crippen LogP contribution in [0, 0.1) is 17.8 Å². The molecule has 0 bridgehead atoms. The molecule has 3 atom stereocenters. The van der Waals surface area contributed by atoms with E-state index in [1.165, 1.54) is 199 Å². The van der Waals surface area contributed by atoms with Crippen LogP contribution in [-0.4, -0.2) is 0 Å². The summed E-state index contributed by atoms with van der Waals surface area (Å²) < 4.78 is 0. The Morgan fingerprint density at radius 1 is 0.231 bits per heavy atom. The largest absolute Gasteiger partial charge is 0.0654 e. The average Bonchev–Trinajstić information content (AvgIpc) is 2.93. The van der Waals surface area contributed by atoms with Gasteiger partial charge in [0.25, 0.3) is 0 Å². The van der Waals surface area contributed by atoms with Gasteiger partial charge in [0.1, 0.15) is 0 Å². The normalized spacial score (nSPS) is 14.1. The first kappa shape index (κ1) is 39.0. The molecule has 39 heavy (non-hydrogen) atoms. The second-order valence-corrected chi connectivity index (χ2v) is 14.2. The zero-order valence-electron chi connectivity index (χ0n) is 28.7. The molecule has 0 aromatic heterocycles. The summed E-state index contributed by atoms with van der Waals surface area (Å²) in [6.07, 6.45) is 45.5. The first-order valence-corrected chi connectivity index (χ1v) is 19.1. The summed E-state index contributed by atoms with van der Waals surface area (Å²) in [7, 11) is 0. The smallest absolute Gasteiger partial charge is 0.0443 e. The maximum absolute atomic E-state index is 2.51. The van der Waals surface area contributed by atoms with Crippen LogP contribution in [0.15, 0.2) is 0 Å². The second-order valence-electron chi connectivity index (χ2n) is 14.2. The molecule has 0 N–H and O–H groups in total. The highest BCUT2D eigenvalue weighted by atomic mass is 14.1. The van der Waals surface area contributed by atoms with Gasteiger partial charge in [-0.2, -0.15) is 0 Å². The Morgan fingerprint density at radius 2 is 0.436 bits per heavy atom. The van der Waals surface area contributed by atoms with Crippen molar-refractivity contribution in [1.29, 1.82) is 0 Å². The number of unbranched alkanes of at least 4 members (excludes halogenated alkanes) is 21. The highest BCUT2D eigenvalue weighted by Crippen LogP contribution is 2.22. The Morgan fingerprint density at radius 3 is 0.718 bits per heavy atom. The first-order chi connectivity index (χ1) is 19.1. The van der Waals surface area contributed by atoms with Gasteiger partial charge in [-0.3, -0.25) is 0 Å². The molecule has 0 spiro atoms. The van der Waals surface area contributed by atoms with Crippen molar-refractivity contribution in [2.75, 3.05) is 0 Å². The van der Waals surface area contributed by atoms with Gasteiger partial charge in [0.15, 0.2) is 0 Å². The zero-order valence-corrected chi connectivity index (χ0v) is 28.7. The van der Waals surface area contributed by atoms with Gasteiger partial charge in [-0.15, -0.1) is 0 Å². The molecular weight excluding hydrogens is 468 g/mol. The van der Waals surface area contributed by atoms with E-state index in [0.717, 1.165) is 17.8 Å². The Balaban J connectivity index is 3.29. The number of hydrogen-bond donors (Lipinski definition) is 0. The van der Waals surface area contributed by atoms with Crippen LogP contribution in [-0.2, 0) is 0 Å². The van der Waals surface area contributed by atoms with Crippen LogP contribution in [0.25, 0.3) is 0 Å². The fraction of sp³-hybridized carbons (Fsp3) is 1.00. The molecule has 3 unspecified atom stereocenters. The Kier molecular flexibility index (Phi) is 32.5. The minimum Gasteiger partial charge on any atom is -0.0654 e. The lowest BCUT2D eigenvalue weighted by molar-refractivity contribution is 0.389. The molecule has 0 fully saturated rings. The molecule has 0 nitrogen and oxygen atoms in total. The lowest BCUT2D eigenvalue weighted by atomic mass is 9.92. The molecule has 0 amide bonds. The summed E-state index contributed by atoms with van der Waals surface area (Å²) in [5.74, 6) is 2.86. The maximum Gasteiger partial charge on any atom is -0.0443 e. The van der Waals surface area contributed by atoms with Crippen LogP contribution in [0.3, 0.4) is 0 Å². The van der Waals surface area contributed by atoms with Crippen molar-refractivity contribution in [2.45, 2.75) is 234 Å². The predicted molar refractivity (Wildman–Crippen MR) is 182 cm³/mol. The first-order valence-electron chi connectivity index (χ1n) is 19.1. The average molecular weight is 549 g/mol. The van der Waals surface area contributed by atoms with E-state index in [1.54, 1.807) is 0 Å². The summed E-state index contributed by atoms with van der Waals surface area (Å²) in [6, 6.07) is 0. The van der Waals surface area contributed by atoms with E-state index in [2.05, 4.69) is 34.6 Å². The third kappa shape index (κ3) is 32.4. The van der Waals surface area contributed by atoms with Crippen LogP contribution in [0.4, 0.5) is 0 Å². The summed E-state index contributed by atoms with van der Waals surface area (Å²) in [5.41, 5.74) is 0. The summed E-state index contributed by atoms with van der Waals surface area (Å²) in [5, 5.41) is 0. The third-order valence-corrected chi connectivity index (χ3v) is 9.64. The fourth-order valence-electron chi connectivity index (χ4n) is 6.53. The quantitative estimate of drug-likeness (QED) is 0.0715. The van der Waals surface area contributed by atoms with Crippen LogP contribution < -0.4 is 0 Å². The molecule has 0 aromatic rings. The lowest BCUT2D eigenvalue weighted by Crippen LogP contribution is -1.99. The van der Waals surface area contributed by atoms with Gasteiger partial charge in [0.2, 0.25) is 0 Å². The lowest BCUT2D eigenvalue weighted by Gasteiger charge is -2.14. The van der Waals surface area contributed by atoms with Crippen molar-refractivity contribution in [1.82, 2.24) is 0 Å². The van der Waals surface area contributed by atoms with Gasteiger partial charge in [-0.05, 0) is 17.8 Å². The van der Waals surface area contributed by atoms with E-state index in [0.29, 0.717) is 0 Å². The highest BCUT2D eigenvalue weighted by Gasteiger charge is 2.06. The standard InChI is InChI=1S/C39H80/c1-6-8-10-11-12-13-14-15-16-17-18-19-20-21-22-24-27-33-38(4)35-30-36-39(5)34-29-26-23-25-28-32-37(3)31-9-7-2/h37-39H,6-36H2,1-5H3. The predicted octanol–water partition coefficient (Wildman–Crippen LogP) is 15.0. The molecule has 236 valence electrons. The van der Waals surface area contributed by atoms with Crippen molar-refractivity contribution in [3.63, 3.8) is 0 Å². The molecule has 0 aliphatic rings. The van der Waals surface area contributed by atoms with Crippen LogP contribution in [0.5, 0.6) is 0 Å². The molecule has 0 saturated heterocycles. The summed E-state index contributed by atoms with van der Waals surface area (Å²) in [6.45, 7) is 12.1. The van der Waals surface area contributed by atoms with Crippen molar-refractivity contribution < 1.29 is 0 Å². The molecule has 0 aliphatic heterocycles. The van der Waals surface area contributed by atoms with Gasteiger partial charge >= 0.3 is 0 Å². The Hall–Kier alpha value is 0. The van der Waals surface area contributed by atoms with Gasteiger partial charge in [0.05, 0.1) is 0 Å². The minimum absolute atomic E-state index is 0.951. The topological polar surface area (TPSA) is 0 Å². The monoisotopic (exact) mass is 549 g/mol. The van der Waals surface area contributed by atoms with Gasteiger partial charge in [0, 0.05) is 0 Å². The van der Waals surface area contributed by atoms with E-state index in [4.69, 9.17) is 0 Å². The van der Waals surface area contributed by atoms with Crippen molar-refractivity contribution >= 4 is 0 Å². The number of rotatable bonds is 33. The van der Waals surface area contributed by atoms with Gasteiger partial charge < -0.3 is 0 Å². The number of hydrogen-bond acceptors (Lipinski definition) is 0. The molecule has 0 radical (unpaired) electrons. The van der Waals surface area contributed by atoms with E-state index in [9.17, 15) is 0 Å². The van der Waals surface area contributed by atoms with Gasteiger partial charge in [-0.25, -0.2) is 0 Å². The molecule has 0 saturated carbocycles.